The van der Waals surface area contributed by atoms with Gasteiger partial charge >= 0.3 is 6.09 Å². The number of aromatic hydroxyl groups is 1. The Hall–Kier alpha value is -1.93. The molecule has 2 amide bonds. The maximum Gasteiger partial charge on any atom is 0.408 e. The van der Waals surface area contributed by atoms with Crippen molar-refractivity contribution in [3.8, 4) is 5.75 Å². The Morgan fingerprint density at radius 2 is 1.79 bits per heavy atom. The van der Waals surface area contributed by atoms with Crippen molar-refractivity contribution < 1.29 is 24.2 Å². The van der Waals surface area contributed by atoms with Crippen molar-refractivity contribution in [2.24, 2.45) is 5.84 Å². The number of halogens is 2. The fraction of sp³-hybridized carbons (Fsp3) is 0.211. The number of carbonyl (C=O) groups is 3. The Balaban J connectivity index is 2.12. The van der Waals surface area contributed by atoms with Crippen LogP contribution in [0.1, 0.15) is 11.1 Å². The third kappa shape index (κ3) is 7.12. The van der Waals surface area contributed by atoms with Gasteiger partial charge in [0, 0.05) is 0 Å². The summed E-state index contributed by atoms with van der Waals surface area (Å²) >= 11 is 3.63. The van der Waals surface area contributed by atoms with Crippen molar-refractivity contribution in [3.63, 3.8) is 0 Å². The van der Waals surface area contributed by atoms with Crippen LogP contribution < -0.4 is 16.6 Å². The Labute approximate surface area is 194 Å². The molecule has 2 aromatic carbocycles. The van der Waals surface area contributed by atoms with Crippen LogP contribution in [0.25, 0.3) is 0 Å². The largest absolute Gasteiger partial charge is 0.507 e. The summed E-state index contributed by atoms with van der Waals surface area (Å²) in [5.41, 5.74) is 3.43. The van der Waals surface area contributed by atoms with E-state index in [2.05, 4.69) is 5.32 Å². The number of nitrogens with two attached hydrogens (primary N) is 1. The highest BCUT2D eigenvalue weighted by Gasteiger charge is 2.31. The fourth-order valence-corrected chi connectivity index (χ4v) is 3.62. The number of amides is 2. The van der Waals surface area contributed by atoms with Crippen LogP contribution in [0.3, 0.4) is 0 Å². The van der Waals surface area contributed by atoms with Gasteiger partial charge in [0.15, 0.2) is 9.71 Å². The molecule has 0 saturated carbocycles. The Bertz CT molecular complexity index is 879. The number of benzene rings is 2. The zero-order chi connectivity index (χ0) is 21.4. The van der Waals surface area contributed by atoms with Crippen LogP contribution in [0.15, 0.2) is 48.5 Å². The summed E-state index contributed by atoms with van der Waals surface area (Å²) in [5.74, 6) is 4.04. The number of alkyl carbamates (subject to hydrolysis) is 1. The summed E-state index contributed by atoms with van der Waals surface area (Å²) < 4.78 is 4.70. The van der Waals surface area contributed by atoms with Gasteiger partial charge in [-0.2, -0.15) is 0 Å². The second-order valence-corrected chi connectivity index (χ2v) is 8.43. The quantitative estimate of drug-likeness (QED) is 0.0892. The van der Waals surface area contributed by atoms with Gasteiger partial charge < -0.3 is 15.2 Å². The van der Waals surface area contributed by atoms with E-state index in [1.165, 1.54) is 6.07 Å². The molecule has 0 saturated heterocycles. The average Bonchev–Trinajstić information content (AvgIpc) is 2.73. The molecule has 0 heterocycles. The molecule has 2 aromatic rings. The van der Waals surface area contributed by atoms with Crippen molar-refractivity contribution in [2.75, 3.05) is 0 Å². The van der Waals surface area contributed by atoms with Crippen LogP contribution in [0.2, 0.25) is 0 Å². The molecule has 154 valence electrons. The summed E-state index contributed by atoms with van der Waals surface area (Å²) in [6, 6.07) is 12.9. The first kappa shape index (κ1) is 23.3. The lowest BCUT2D eigenvalue weighted by Gasteiger charge is -2.20. The van der Waals surface area contributed by atoms with Crippen LogP contribution in [0.5, 0.6) is 5.75 Å². The molecular formula is C19H19I2N3O5. The van der Waals surface area contributed by atoms with Crippen molar-refractivity contribution in [2.45, 2.75) is 23.0 Å². The third-order valence-corrected chi connectivity index (χ3v) is 5.97. The SMILES string of the molecule is NNC(=O)C(I)C(=O)[C@H](Cc1ccc(O)c(I)c1)NC(=O)OCc1ccccc1. The zero-order valence-electron chi connectivity index (χ0n) is 15.1. The Kier molecular flexibility index (Phi) is 9.10. The number of phenolic OH excluding ortho intramolecular Hbond substituents is 1. The van der Waals surface area contributed by atoms with Crippen LogP contribution in [0.4, 0.5) is 4.79 Å². The predicted molar refractivity (Wildman–Crippen MR) is 123 cm³/mol. The predicted octanol–water partition coefficient (Wildman–Crippen LogP) is 2.20. The van der Waals surface area contributed by atoms with Crippen molar-refractivity contribution in [3.05, 3.63) is 63.2 Å². The normalized spacial score (nSPS) is 12.5. The number of alkyl halides is 1. The molecule has 0 aromatic heterocycles. The van der Waals surface area contributed by atoms with E-state index in [9.17, 15) is 19.5 Å². The van der Waals surface area contributed by atoms with E-state index in [4.69, 9.17) is 10.6 Å². The lowest BCUT2D eigenvalue weighted by Crippen LogP contribution is -2.50. The fourth-order valence-electron chi connectivity index (χ4n) is 2.42. The summed E-state index contributed by atoms with van der Waals surface area (Å²) in [4.78, 5) is 36.8. The molecule has 0 radical (unpaired) electrons. The molecule has 10 heteroatoms. The topological polar surface area (TPSA) is 131 Å². The molecule has 29 heavy (non-hydrogen) atoms. The van der Waals surface area contributed by atoms with E-state index in [0.29, 0.717) is 9.13 Å². The Morgan fingerprint density at radius 3 is 2.41 bits per heavy atom. The molecule has 0 bridgehead atoms. The van der Waals surface area contributed by atoms with E-state index in [-0.39, 0.29) is 18.8 Å². The van der Waals surface area contributed by atoms with Crippen LogP contribution in [-0.2, 0) is 27.4 Å². The minimum Gasteiger partial charge on any atom is -0.507 e. The number of carbonyl (C=O) groups excluding carboxylic acids is 3. The van der Waals surface area contributed by atoms with E-state index >= 15 is 0 Å². The van der Waals surface area contributed by atoms with Gasteiger partial charge in [0.1, 0.15) is 12.4 Å². The molecule has 5 N–H and O–H groups in total. The number of phenols is 1. The zero-order valence-corrected chi connectivity index (χ0v) is 19.4. The van der Waals surface area contributed by atoms with Gasteiger partial charge in [0.05, 0.1) is 9.61 Å². The Morgan fingerprint density at radius 1 is 1.10 bits per heavy atom. The van der Waals surface area contributed by atoms with Gasteiger partial charge in [0.2, 0.25) is 0 Å². The average molecular weight is 623 g/mol. The number of ketones is 1. The number of hydrogen-bond donors (Lipinski definition) is 4. The second kappa shape index (κ2) is 11.3. The van der Waals surface area contributed by atoms with Gasteiger partial charge in [-0.1, -0.05) is 59.0 Å². The highest BCUT2D eigenvalue weighted by atomic mass is 127. The van der Waals surface area contributed by atoms with Crippen molar-refractivity contribution in [1.82, 2.24) is 10.7 Å². The first-order valence-corrected chi connectivity index (χ1v) is 10.8. The molecule has 8 nitrogen and oxygen atoms in total. The maximum atomic E-state index is 12.8. The molecule has 0 aliphatic carbocycles. The van der Waals surface area contributed by atoms with Crippen LogP contribution in [0, 0.1) is 3.57 Å². The molecule has 0 aliphatic heterocycles. The third-order valence-electron chi connectivity index (χ3n) is 3.92. The van der Waals surface area contributed by atoms with E-state index in [1.807, 2.05) is 46.2 Å². The minimum atomic E-state index is -1.09. The van der Waals surface area contributed by atoms with Gasteiger partial charge in [0.25, 0.3) is 5.91 Å². The lowest BCUT2D eigenvalue weighted by molar-refractivity contribution is -0.128. The monoisotopic (exact) mass is 623 g/mol. The smallest absolute Gasteiger partial charge is 0.408 e. The number of ether oxygens (including phenoxy) is 1. The summed E-state index contributed by atoms with van der Waals surface area (Å²) in [6.07, 6.45) is -0.662. The number of hydrazine groups is 1. The molecule has 2 atom stereocenters. The number of rotatable bonds is 8. The van der Waals surface area contributed by atoms with E-state index < -0.39 is 27.8 Å². The summed E-state index contributed by atoms with van der Waals surface area (Å²) in [5, 5.41) is 12.2. The lowest BCUT2D eigenvalue weighted by atomic mass is 10.0. The highest BCUT2D eigenvalue weighted by Crippen LogP contribution is 2.21. The summed E-state index contributed by atoms with van der Waals surface area (Å²) in [7, 11) is 0. The molecule has 0 spiro atoms. The van der Waals surface area contributed by atoms with E-state index in [0.717, 1.165) is 5.56 Å². The maximum absolute atomic E-state index is 12.8. The molecule has 0 aliphatic rings. The van der Waals surface area contributed by atoms with Crippen molar-refractivity contribution in [1.29, 1.82) is 0 Å². The standard InChI is InChI=1S/C19H19I2N3O5/c20-13-8-12(6-7-15(13)25)9-14(17(26)16(21)18(27)24-22)23-19(28)29-10-11-4-2-1-3-5-11/h1-8,14,16,25H,9-10,22H2,(H,23,28)(H,24,27)/t14-,16?/m0/s1. The molecular weight excluding hydrogens is 604 g/mol. The van der Waals surface area contributed by atoms with E-state index in [1.54, 1.807) is 46.9 Å². The molecule has 2 rings (SSSR count). The first-order valence-electron chi connectivity index (χ1n) is 8.44. The number of nitrogens with one attached hydrogen (secondary N) is 2. The second-order valence-electron chi connectivity index (χ2n) is 6.02. The molecule has 1 unspecified atom stereocenters. The van der Waals surface area contributed by atoms with Crippen LogP contribution in [-0.4, -0.2) is 32.9 Å². The first-order chi connectivity index (χ1) is 13.8. The highest BCUT2D eigenvalue weighted by molar-refractivity contribution is 14.1. The summed E-state index contributed by atoms with van der Waals surface area (Å²) in [6.45, 7) is 0.0433. The van der Waals surface area contributed by atoms with Crippen LogP contribution >= 0.6 is 45.2 Å². The minimum absolute atomic E-state index is 0.0433. The van der Waals surface area contributed by atoms with Crippen molar-refractivity contribution >= 4 is 63.0 Å². The van der Waals surface area contributed by atoms with Gasteiger partial charge in [-0.05, 0) is 52.3 Å². The number of hydrogen-bond acceptors (Lipinski definition) is 6. The van der Waals surface area contributed by atoms with Gasteiger partial charge in [-0.15, -0.1) is 0 Å². The number of Topliss-reactive ketones (excluding diaryl/α,β-unsaturated/α-hetero) is 1. The van der Waals surface area contributed by atoms with Gasteiger partial charge in [-0.3, -0.25) is 15.0 Å². The van der Waals surface area contributed by atoms with Gasteiger partial charge in [-0.25, -0.2) is 10.6 Å². The molecule has 0 fully saturated rings.